The summed E-state index contributed by atoms with van der Waals surface area (Å²) in [5.74, 6) is -1.74. The lowest BCUT2D eigenvalue weighted by molar-refractivity contribution is -0.139. The second-order valence-corrected chi connectivity index (χ2v) is 4.55. The van der Waals surface area contributed by atoms with E-state index in [9.17, 15) is 14.7 Å². The van der Waals surface area contributed by atoms with Crippen LogP contribution in [0.15, 0.2) is 48.7 Å². The molecule has 0 saturated carbocycles. The SMILES string of the molecule is N#Cc1ccccc1C[C@@H](NC(=O)c1ccccn1)C(=O)O. The molecule has 1 heterocycles. The molecule has 1 aromatic carbocycles. The van der Waals surface area contributed by atoms with Crippen molar-refractivity contribution >= 4 is 11.9 Å². The maximum absolute atomic E-state index is 12.0. The molecule has 1 amide bonds. The van der Waals surface area contributed by atoms with Crippen LogP contribution in [0.4, 0.5) is 0 Å². The Kier molecular flexibility index (Phi) is 4.83. The predicted molar refractivity (Wildman–Crippen MR) is 78.0 cm³/mol. The van der Waals surface area contributed by atoms with Crippen LogP contribution in [-0.4, -0.2) is 28.0 Å². The molecule has 6 heteroatoms. The first kappa shape index (κ1) is 15.2. The van der Waals surface area contributed by atoms with Gasteiger partial charge in [0.1, 0.15) is 11.7 Å². The van der Waals surface area contributed by atoms with E-state index in [1.165, 1.54) is 12.3 Å². The van der Waals surface area contributed by atoms with Crippen molar-refractivity contribution < 1.29 is 14.7 Å². The molecular formula is C16H13N3O3. The zero-order valence-corrected chi connectivity index (χ0v) is 11.6. The summed E-state index contributed by atoms with van der Waals surface area (Å²) >= 11 is 0. The minimum absolute atomic E-state index is 0.0254. The molecule has 22 heavy (non-hydrogen) atoms. The molecule has 1 atom stereocenters. The summed E-state index contributed by atoms with van der Waals surface area (Å²) in [5.41, 5.74) is 1.10. The molecule has 0 saturated heterocycles. The number of nitriles is 1. The van der Waals surface area contributed by atoms with Gasteiger partial charge in [0.2, 0.25) is 0 Å². The Labute approximate surface area is 127 Å². The first-order valence-electron chi connectivity index (χ1n) is 6.54. The van der Waals surface area contributed by atoms with Crippen LogP contribution >= 0.6 is 0 Å². The van der Waals surface area contributed by atoms with Crippen molar-refractivity contribution in [3.8, 4) is 6.07 Å². The molecular weight excluding hydrogens is 282 g/mol. The summed E-state index contributed by atoms with van der Waals surface area (Å²) < 4.78 is 0. The van der Waals surface area contributed by atoms with Gasteiger partial charge < -0.3 is 10.4 Å². The standard InChI is InChI=1S/C16H13N3O3/c17-10-12-6-2-1-5-11(12)9-14(16(21)22)19-15(20)13-7-3-4-8-18-13/h1-8,14H,9H2,(H,19,20)(H,21,22)/t14-/m1/s1. The molecule has 0 radical (unpaired) electrons. The van der Waals surface area contributed by atoms with E-state index in [-0.39, 0.29) is 12.1 Å². The molecule has 2 rings (SSSR count). The number of carbonyl (C=O) groups excluding carboxylic acids is 1. The highest BCUT2D eigenvalue weighted by atomic mass is 16.4. The van der Waals surface area contributed by atoms with Gasteiger partial charge in [-0.15, -0.1) is 0 Å². The Hall–Kier alpha value is -3.20. The first-order valence-corrected chi connectivity index (χ1v) is 6.54. The second kappa shape index (κ2) is 6.99. The smallest absolute Gasteiger partial charge is 0.326 e. The van der Waals surface area contributed by atoms with E-state index in [4.69, 9.17) is 5.26 Å². The van der Waals surface area contributed by atoms with Crippen molar-refractivity contribution in [3.05, 3.63) is 65.5 Å². The van der Waals surface area contributed by atoms with Crippen molar-refractivity contribution in [1.29, 1.82) is 5.26 Å². The first-order chi connectivity index (χ1) is 10.6. The van der Waals surface area contributed by atoms with Crippen LogP contribution in [0.3, 0.4) is 0 Å². The summed E-state index contributed by atoms with van der Waals surface area (Å²) in [7, 11) is 0. The maximum atomic E-state index is 12.0. The van der Waals surface area contributed by atoms with Gasteiger partial charge in [-0.1, -0.05) is 24.3 Å². The molecule has 110 valence electrons. The number of rotatable bonds is 5. The van der Waals surface area contributed by atoms with Crippen LogP contribution in [-0.2, 0) is 11.2 Å². The third kappa shape index (κ3) is 3.67. The van der Waals surface area contributed by atoms with Crippen LogP contribution in [0.5, 0.6) is 0 Å². The van der Waals surface area contributed by atoms with Crippen molar-refractivity contribution in [2.24, 2.45) is 0 Å². The molecule has 0 aliphatic carbocycles. The van der Waals surface area contributed by atoms with Gasteiger partial charge in [-0.05, 0) is 23.8 Å². The highest BCUT2D eigenvalue weighted by Crippen LogP contribution is 2.10. The molecule has 0 aliphatic heterocycles. The van der Waals surface area contributed by atoms with Gasteiger partial charge in [-0.2, -0.15) is 5.26 Å². The second-order valence-electron chi connectivity index (χ2n) is 4.55. The summed E-state index contributed by atoms with van der Waals surface area (Å²) in [6.07, 6.45) is 1.48. The number of carboxylic acids is 1. The van der Waals surface area contributed by atoms with Gasteiger partial charge in [0.25, 0.3) is 5.91 Å². The van der Waals surface area contributed by atoms with Gasteiger partial charge in [-0.3, -0.25) is 9.78 Å². The van der Waals surface area contributed by atoms with Crippen LogP contribution in [0.25, 0.3) is 0 Å². The number of aliphatic carboxylic acids is 1. The fourth-order valence-electron chi connectivity index (χ4n) is 1.96. The third-order valence-corrected chi connectivity index (χ3v) is 3.06. The average Bonchev–Trinajstić information content (AvgIpc) is 2.55. The lowest BCUT2D eigenvalue weighted by Gasteiger charge is -2.15. The van der Waals surface area contributed by atoms with Crippen molar-refractivity contribution in [1.82, 2.24) is 10.3 Å². The van der Waals surface area contributed by atoms with Gasteiger partial charge in [-0.25, -0.2) is 4.79 Å². The Balaban J connectivity index is 2.16. The van der Waals surface area contributed by atoms with E-state index in [0.717, 1.165) is 0 Å². The number of aromatic nitrogens is 1. The van der Waals surface area contributed by atoms with Gasteiger partial charge in [0, 0.05) is 12.6 Å². The van der Waals surface area contributed by atoms with E-state index in [1.54, 1.807) is 36.4 Å². The van der Waals surface area contributed by atoms with Gasteiger partial charge in [0.15, 0.2) is 0 Å². The highest BCUT2D eigenvalue weighted by Gasteiger charge is 2.22. The molecule has 0 spiro atoms. The van der Waals surface area contributed by atoms with E-state index in [1.807, 2.05) is 6.07 Å². The van der Waals surface area contributed by atoms with E-state index < -0.39 is 17.9 Å². The number of carbonyl (C=O) groups is 2. The molecule has 2 aromatic rings. The zero-order chi connectivity index (χ0) is 15.9. The Morgan fingerprint density at radius 1 is 1.23 bits per heavy atom. The minimum atomic E-state index is -1.17. The lowest BCUT2D eigenvalue weighted by atomic mass is 10.0. The van der Waals surface area contributed by atoms with Crippen molar-refractivity contribution in [2.45, 2.75) is 12.5 Å². The fraction of sp³-hybridized carbons (Fsp3) is 0.125. The number of nitrogens with one attached hydrogen (secondary N) is 1. The number of benzene rings is 1. The summed E-state index contributed by atoms with van der Waals surface area (Å²) in [6.45, 7) is 0. The Bertz CT molecular complexity index is 723. The minimum Gasteiger partial charge on any atom is -0.480 e. The van der Waals surface area contributed by atoms with Gasteiger partial charge >= 0.3 is 5.97 Å². The van der Waals surface area contributed by atoms with Crippen molar-refractivity contribution in [3.63, 3.8) is 0 Å². The quantitative estimate of drug-likeness (QED) is 0.867. The predicted octanol–water partition coefficient (Wildman–Crippen LogP) is 1.38. The normalized spacial score (nSPS) is 11.2. The number of hydrogen-bond acceptors (Lipinski definition) is 4. The van der Waals surface area contributed by atoms with Crippen LogP contribution in [0.2, 0.25) is 0 Å². The van der Waals surface area contributed by atoms with Crippen LogP contribution < -0.4 is 5.32 Å². The third-order valence-electron chi connectivity index (χ3n) is 3.06. The Morgan fingerprint density at radius 2 is 1.95 bits per heavy atom. The molecule has 1 aromatic heterocycles. The number of hydrogen-bond donors (Lipinski definition) is 2. The van der Waals surface area contributed by atoms with Crippen molar-refractivity contribution in [2.75, 3.05) is 0 Å². The van der Waals surface area contributed by atoms with E-state index in [2.05, 4.69) is 10.3 Å². The molecule has 0 bridgehead atoms. The zero-order valence-electron chi connectivity index (χ0n) is 11.6. The molecule has 2 N–H and O–H groups in total. The summed E-state index contributed by atoms with van der Waals surface area (Å²) in [5, 5.41) is 20.7. The Morgan fingerprint density at radius 3 is 2.59 bits per heavy atom. The highest BCUT2D eigenvalue weighted by molar-refractivity contribution is 5.94. The van der Waals surface area contributed by atoms with Crippen LogP contribution in [0.1, 0.15) is 21.6 Å². The largest absolute Gasteiger partial charge is 0.480 e. The summed E-state index contributed by atoms with van der Waals surface area (Å²) in [4.78, 5) is 27.2. The monoisotopic (exact) mass is 295 g/mol. The number of nitrogens with zero attached hydrogens (tertiary/aromatic N) is 2. The number of amides is 1. The fourth-order valence-corrected chi connectivity index (χ4v) is 1.96. The van der Waals surface area contributed by atoms with E-state index in [0.29, 0.717) is 11.1 Å². The number of carboxylic acid groups (broad SMARTS) is 1. The van der Waals surface area contributed by atoms with Gasteiger partial charge in [0.05, 0.1) is 11.6 Å². The maximum Gasteiger partial charge on any atom is 0.326 e. The molecule has 0 unspecified atom stereocenters. The lowest BCUT2D eigenvalue weighted by Crippen LogP contribution is -2.42. The van der Waals surface area contributed by atoms with Crippen LogP contribution in [0, 0.1) is 11.3 Å². The molecule has 0 fully saturated rings. The molecule has 6 nitrogen and oxygen atoms in total. The number of pyridine rings is 1. The topological polar surface area (TPSA) is 103 Å². The molecule has 0 aliphatic rings. The van der Waals surface area contributed by atoms with E-state index >= 15 is 0 Å². The average molecular weight is 295 g/mol. The summed E-state index contributed by atoms with van der Waals surface area (Å²) in [6, 6.07) is 12.4.